The summed E-state index contributed by atoms with van der Waals surface area (Å²) in [6.45, 7) is 1.90. The van der Waals surface area contributed by atoms with Gasteiger partial charge in [-0.1, -0.05) is 42.5 Å². The minimum absolute atomic E-state index is 0.169. The van der Waals surface area contributed by atoms with E-state index in [0.717, 1.165) is 17.5 Å². The number of phenols is 1. The van der Waals surface area contributed by atoms with Gasteiger partial charge in [-0.2, -0.15) is 0 Å². The lowest BCUT2D eigenvalue weighted by molar-refractivity contribution is -0.128. The maximum atomic E-state index is 12.4. The molecule has 1 unspecified atom stereocenters. The molecular formula is C19H22N2O3. The topological polar surface area (TPSA) is 78.4 Å². The van der Waals surface area contributed by atoms with E-state index in [1.54, 1.807) is 24.3 Å². The molecule has 0 aliphatic rings. The van der Waals surface area contributed by atoms with Gasteiger partial charge < -0.3 is 15.7 Å². The van der Waals surface area contributed by atoms with Crippen molar-refractivity contribution in [2.45, 2.75) is 25.8 Å². The van der Waals surface area contributed by atoms with Gasteiger partial charge in [-0.05, 0) is 29.7 Å². The molecule has 3 N–H and O–H groups in total. The summed E-state index contributed by atoms with van der Waals surface area (Å²) >= 11 is 0. The third-order valence-corrected chi connectivity index (χ3v) is 3.63. The van der Waals surface area contributed by atoms with E-state index in [0.29, 0.717) is 13.0 Å². The van der Waals surface area contributed by atoms with Crippen LogP contribution in [0.2, 0.25) is 0 Å². The Balaban J connectivity index is 1.92. The van der Waals surface area contributed by atoms with Crippen LogP contribution in [-0.4, -0.2) is 29.5 Å². The van der Waals surface area contributed by atoms with Crippen molar-refractivity contribution in [3.63, 3.8) is 0 Å². The quantitative estimate of drug-likeness (QED) is 0.726. The van der Waals surface area contributed by atoms with Crippen LogP contribution in [0.5, 0.6) is 5.75 Å². The lowest BCUT2D eigenvalue weighted by Crippen LogP contribution is -2.47. The van der Waals surface area contributed by atoms with Gasteiger partial charge in [-0.15, -0.1) is 0 Å². The van der Waals surface area contributed by atoms with Gasteiger partial charge in [0.2, 0.25) is 11.8 Å². The van der Waals surface area contributed by atoms with Crippen LogP contribution in [0.1, 0.15) is 18.1 Å². The van der Waals surface area contributed by atoms with Gasteiger partial charge in [-0.3, -0.25) is 9.59 Å². The van der Waals surface area contributed by atoms with E-state index in [4.69, 9.17) is 0 Å². The molecule has 5 heteroatoms. The van der Waals surface area contributed by atoms with E-state index in [-0.39, 0.29) is 17.6 Å². The minimum Gasteiger partial charge on any atom is -0.508 e. The first-order valence-electron chi connectivity index (χ1n) is 7.91. The fourth-order valence-corrected chi connectivity index (χ4v) is 2.42. The van der Waals surface area contributed by atoms with Crippen LogP contribution in [0.15, 0.2) is 54.6 Å². The highest BCUT2D eigenvalue weighted by Gasteiger charge is 2.19. The third kappa shape index (κ3) is 5.76. The molecule has 24 heavy (non-hydrogen) atoms. The summed E-state index contributed by atoms with van der Waals surface area (Å²) in [5, 5.41) is 14.9. The second kappa shape index (κ2) is 8.72. The number of phenolic OH excluding ortho intramolecular Hbond substituents is 1. The molecule has 0 saturated carbocycles. The lowest BCUT2D eigenvalue weighted by atomic mass is 10.0. The van der Waals surface area contributed by atoms with Crippen molar-refractivity contribution < 1.29 is 14.7 Å². The van der Waals surface area contributed by atoms with Gasteiger partial charge in [0.25, 0.3) is 0 Å². The lowest BCUT2D eigenvalue weighted by Gasteiger charge is -2.18. The Hall–Kier alpha value is -2.82. The average molecular weight is 326 g/mol. The predicted molar refractivity (Wildman–Crippen MR) is 92.6 cm³/mol. The van der Waals surface area contributed by atoms with Gasteiger partial charge in [-0.25, -0.2) is 0 Å². The largest absolute Gasteiger partial charge is 0.508 e. The van der Waals surface area contributed by atoms with Crippen LogP contribution in [0.25, 0.3) is 0 Å². The second-order valence-corrected chi connectivity index (χ2v) is 5.65. The number of carbonyl (C=O) groups is 2. The molecule has 0 bridgehead atoms. The summed E-state index contributed by atoms with van der Waals surface area (Å²) in [6.07, 6.45) is 1.11. The zero-order chi connectivity index (χ0) is 17.4. The Kier molecular flexibility index (Phi) is 6.37. The van der Waals surface area contributed by atoms with Crippen molar-refractivity contribution in [2.24, 2.45) is 0 Å². The number of rotatable bonds is 7. The van der Waals surface area contributed by atoms with E-state index in [9.17, 15) is 14.7 Å². The number of hydrogen-bond donors (Lipinski definition) is 3. The molecular weight excluding hydrogens is 304 g/mol. The van der Waals surface area contributed by atoms with Gasteiger partial charge >= 0.3 is 0 Å². The van der Waals surface area contributed by atoms with Gasteiger partial charge in [0.05, 0.1) is 0 Å². The van der Waals surface area contributed by atoms with E-state index < -0.39 is 6.04 Å². The Bertz CT molecular complexity index is 669. The molecule has 0 aliphatic carbocycles. The Morgan fingerprint density at radius 3 is 2.29 bits per heavy atom. The smallest absolute Gasteiger partial charge is 0.242 e. The molecule has 0 spiro atoms. The van der Waals surface area contributed by atoms with Gasteiger partial charge in [0.15, 0.2) is 0 Å². The standard InChI is InChI=1S/C19H22N2O3/c1-14(22)21-18(13-16-7-9-17(23)10-8-16)19(24)20-12-11-15-5-3-2-4-6-15/h2-10,18,23H,11-13H2,1H3,(H,20,24)(H,21,22). The molecule has 126 valence electrons. The van der Waals surface area contributed by atoms with Crippen molar-refractivity contribution in [2.75, 3.05) is 6.54 Å². The molecule has 2 rings (SSSR count). The number of aromatic hydroxyl groups is 1. The normalized spacial score (nSPS) is 11.5. The maximum absolute atomic E-state index is 12.4. The fraction of sp³-hybridized carbons (Fsp3) is 0.263. The Labute approximate surface area is 141 Å². The highest BCUT2D eigenvalue weighted by atomic mass is 16.3. The molecule has 5 nitrogen and oxygen atoms in total. The number of benzene rings is 2. The van der Waals surface area contributed by atoms with Gasteiger partial charge in [0, 0.05) is 19.9 Å². The Morgan fingerprint density at radius 1 is 1.00 bits per heavy atom. The van der Waals surface area contributed by atoms with Crippen LogP contribution in [0.4, 0.5) is 0 Å². The molecule has 0 aliphatic heterocycles. The molecule has 1 atom stereocenters. The van der Waals surface area contributed by atoms with Crippen molar-refractivity contribution in [1.82, 2.24) is 10.6 Å². The zero-order valence-electron chi connectivity index (χ0n) is 13.7. The van der Waals surface area contributed by atoms with Crippen molar-refractivity contribution >= 4 is 11.8 Å². The molecule has 0 saturated heterocycles. The van der Waals surface area contributed by atoms with Crippen LogP contribution < -0.4 is 10.6 Å². The number of nitrogens with one attached hydrogen (secondary N) is 2. The summed E-state index contributed by atoms with van der Waals surface area (Å²) in [5.74, 6) is -0.298. The molecule has 0 heterocycles. The summed E-state index contributed by atoms with van der Waals surface area (Å²) in [4.78, 5) is 23.7. The first-order valence-corrected chi connectivity index (χ1v) is 7.91. The number of carbonyl (C=O) groups excluding carboxylic acids is 2. The third-order valence-electron chi connectivity index (χ3n) is 3.63. The van der Waals surface area contributed by atoms with E-state index in [1.807, 2.05) is 30.3 Å². The Morgan fingerprint density at radius 2 is 1.67 bits per heavy atom. The number of amides is 2. The summed E-state index contributed by atoms with van der Waals surface area (Å²) in [7, 11) is 0. The van der Waals surface area contributed by atoms with E-state index in [2.05, 4.69) is 10.6 Å². The van der Waals surface area contributed by atoms with Crippen molar-refractivity contribution in [3.8, 4) is 5.75 Å². The van der Waals surface area contributed by atoms with Crippen LogP contribution in [0.3, 0.4) is 0 Å². The van der Waals surface area contributed by atoms with Gasteiger partial charge in [0.1, 0.15) is 11.8 Å². The molecule has 2 aromatic carbocycles. The van der Waals surface area contributed by atoms with Crippen LogP contribution in [-0.2, 0) is 22.4 Å². The van der Waals surface area contributed by atoms with E-state index >= 15 is 0 Å². The predicted octanol–water partition coefficient (Wildman–Crippen LogP) is 1.80. The van der Waals surface area contributed by atoms with Crippen molar-refractivity contribution in [3.05, 3.63) is 65.7 Å². The minimum atomic E-state index is -0.636. The summed E-state index contributed by atoms with van der Waals surface area (Å²) in [5.41, 5.74) is 2.01. The first-order chi connectivity index (χ1) is 11.5. The molecule has 0 radical (unpaired) electrons. The average Bonchev–Trinajstić information content (AvgIpc) is 2.57. The highest BCUT2D eigenvalue weighted by molar-refractivity contribution is 5.87. The highest BCUT2D eigenvalue weighted by Crippen LogP contribution is 2.11. The van der Waals surface area contributed by atoms with E-state index in [1.165, 1.54) is 6.92 Å². The van der Waals surface area contributed by atoms with Crippen LogP contribution >= 0.6 is 0 Å². The van der Waals surface area contributed by atoms with Crippen molar-refractivity contribution in [1.29, 1.82) is 0 Å². The second-order valence-electron chi connectivity index (χ2n) is 5.65. The molecule has 0 aromatic heterocycles. The molecule has 0 fully saturated rings. The zero-order valence-corrected chi connectivity index (χ0v) is 13.7. The summed E-state index contributed by atoms with van der Waals surface area (Å²) < 4.78 is 0. The fourth-order valence-electron chi connectivity index (χ4n) is 2.42. The SMILES string of the molecule is CC(=O)NC(Cc1ccc(O)cc1)C(=O)NCCc1ccccc1. The number of hydrogen-bond acceptors (Lipinski definition) is 3. The maximum Gasteiger partial charge on any atom is 0.242 e. The first kappa shape index (κ1) is 17.5. The summed E-state index contributed by atoms with van der Waals surface area (Å²) in [6, 6.07) is 15.9. The molecule has 2 aromatic rings. The molecule has 2 amide bonds. The monoisotopic (exact) mass is 326 g/mol. The van der Waals surface area contributed by atoms with Crippen LogP contribution in [0, 0.1) is 0 Å².